The molecule has 140 valence electrons. The van der Waals surface area contributed by atoms with E-state index >= 15 is 0 Å². The molecule has 9 nitrogen and oxygen atoms in total. The third kappa shape index (κ3) is 5.66. The van der Waals surface area contributed by atoms with Gasteiger partial charge in [-0.05, 0) is 24.3 Å². The molecule has 0 fully saturated rings. The summed E-state index contributed by atoms with van der Waals surface area (Å²) in [5.41, 5.74) is 4.03. The number of amides is 3. The van der Waals surface area contributed by atoms with Crippen LogP contribution in [0.5, 0.6) is 0 Å². The molecule has 11 heteroatoms. The van der Waals surface area contributed by atoms with Crippen LogP contribution >= 0.6 is 23.2 Å². The van der Waals surface area contributed by atoms with E-state index < -0.39 is 29.2 Å². The van der Waals surface area contributed by atoms with Crippen molar-refractivity contribution in [2.24, 2.45) is 0 Å². The fourth-order valence-corrected chi connectivity index (χ4v) is 2.43. The molecule has 0 aliphatic carbocycles. The first kappa shape index (κ1) is 20.1. The molecule has 0 bridgehead atoms. The largest absolute Gasteiger partial charge is 0.343 e. The molecule has 0 atom stereocenters. The lowest BCUT2D eigenvalue weighted by molar-refractivity contribution is -0.384. The van der Waals surface area contributed by atoms with Crippen LogP contribution in [0.2, 0.25) is 10.0 Å². The van der Waals surface area contributed by atoms with Crippen LogP contribution in [0.3, 0.4) is 0 Å². The number of nitro benzene ring substituents is 1. The van der Waals surface area contributed by atoms with Gasteiger partial charge in [0, 0.05) is 22.7 Å². The molecular weight excluding hydrogens is 399 g/mol. The molecule has 27 heavy (non-hydrogen) atoms. The monoisotopic (exact) mass is 410 g/mol. The van der Waals surface area contributed by atoms with Crippen LogP contribution in [0.15, 0.2) is 42.5 Å². The Morgan fingerprint density at radius 3 is 2.41 bits per heavy atom. The first-order valence-electron chi connectivity index (χ1n) is 7.35. The molecule has 0 aromatic heterocycles. The second-order valence-electron chi connectivity index (χ2n) is 5.12. The first-order valence-corrected chi connectivity index (χ1v) is 8.10. The molecular formula is C16H12Cl2N4O5. The lowest BCUT2D eigenvalue weighted by atomic mass is 10.2. The number of nitro groups is 1. The summed E-state index contributed by atoms with van der Waals surface area (Å²) in [5, 5.41) is 13.5. The van der Waals surface area contributed by atoms with Crippen LogP contribution in [0, 0.1) is 10.1 Å². The van der Waals surface area contributed by atoms with E-state index in [1.54, 1.807) is 0 Å². The number of nitrogens with zero attached hydrogens (tertiary/aromatic N) is 1. The molecule has 3 amide bonds. The molecule has 2 aromatic rings. The van der Waals surface area contributed by atoms with Gasteiger partial charge in [0.05, 0.1) is 22.1 Å². The van der Waals surface area contributed by atoms with E-state index in [4.69, 9.17) is 23.2 Å². The summed E-state index contributed by atoms with van der Waals surface area (Å²) in [6, 6.07) is 9.24. The Bertz CT molecular complexity index is 919. The first-order chi connectivity index (χ1) is 12.8. The van der Waals surface area contributed by atoms with E-state index in [9.17, 15) is 24.5 Å². The van der Waals surface area contributed by atoms with Crippen molar-refractivity contribution in [3.05, 3.63) is 73.8 Å². The van der Waals surface area contributed by atoms with Gasteiger partial charge in [0.15, 0.2) is 0 Å². The van der Waals surface area contributed by atoms with E-state index in [0.29, 0.717) is 5.02 Å². The molecule has 0 spiro atoms. The summed E-state index contributed by atoms with van der Waals surface area (Å²) in [4.78, 5) is 45.6. The zero-order valence-corrected chi connectivity index (χ0v) is 15.0. The number of rotatable bonds is 5. The van der Waals surface area contributed by atoms with Gasteiger partial charge >= 0.3 is 0 Å². The van der Waals surface area contributed by atoms with Gasteiger partial charge in [-0.25, -0.2) is 0 Å². The van der Waals surface area contributed by atoms with E-state index in [0.717, 1.165) is 6.07 Å². The molecule has 0 saturated carbocycles. The van der Waals surface area contributed by atoms with Gasteiger partial charge in [-0.2, -0.15) is 0 Å². The van der Waals surface area contributed by atoms with Gasteiger partial charge in [-0.1, -0.05) is 29.3 Å². The minimum absolute atomic E-state index is 0.0125. The number of hydrogen-bond donors (Lipinski definition) is 3. The average Bonchev–Trinajstić information content (AvgIpc) is 2.64. The van der Waals surface area contributed by atoms with Crippen LogP contribution < -0.4 is 16.2 Å². The summed E-state index contributed by atoms with van der Waals surface area (Å²) in [5.74, 6) is -2.07. The molecule has 3 N–H and O–H groups in total. The quantitative estimate of drug-likeness (QED) is 0.512. The number of benzene rings is 2. The predicted molar refractivity (Wildman–Crippen MR) is 97.5 cm³/mol. The molecule has 2 rings (SSSR count). The van der Waals surface area contributed by atoms with Gasteiger partial charge in [0.2, 0.25) is 0 Å². The number of halogens is 2. The standard InChI is InChI=1S/C16H12Cl2N4O5/c17-10-4-5-12(13(18)7-10)16(25)19-8-14(23)20-21-15(24)9-2-1-3-11(6-9)22(26)27/h1-7H,8H2,(H,19,25)(H,20,23)(H,21,24). The van der Waals surface area contributed by atoms with Crippen molar-refractivity contribution in [3.63, 3.8) is 0 Å². The maximum atomic E-state index is 12.0. The zero-order valence-electron chi connectivity index (χ0n) is 13.5. The normalized spacial score (nSPS) is 10.0. The molecule has 0 saturated heterocycles. The van der Waals surface area contributed by atoms with Crippen molar-refractivity contribution in [1.29, 1.82) is 0 Å². The molecule has 0 radical (unpaired) electrons. The Labute approximate surface area is 162 Å². The predicted octanol–water partition coefficient (Wildman–Crippen LogP) is 2.09. The number of non-ortho nitro benzene ring substituents is 1. The number of carbonyl (C=O) groups excluding carboxylic acids is 3. The minimum atomic E-state index is -0.751. The molecule has 0 unspecified atom stereocenters. The van der Waals surface area contributed by atoms with Gasteiger partial charge in [0.1, 0.15) is 0 Å². The fraction of sp³-hybridized carbons (Fsp3) is 0.0625. The third-order valence-corrected chi connectivity index (χ3v) is 3.77. The second kappa shape index (κ2) is 8.97. The lowest BCUT2D eigenvalue weighted by Crippen LogP contribution is -2.46. The van der Waals surface area contributed by atoms with E-state index in [1.807, 2.05) is 0 Å². The fourth-order valence-electron chi connectivity index (χ4n) is 1.93. The van der Waals surface area contributed by atoms with Crippen molar-refractivity contribution in [3.8, 4) is 0 Å². The summed E-state index contributed by atoms with van der Waals surface area (Å²) in [6.07, 6.45) is 0. The Kier molecular flexibility index (Phi) is 6.69. The maximum Gasteiger partial charge on any atom is 0.270 e. The highest BCUT2D eigenvalue weighted by Crippen LogP contribution is 2.20. The van der Waals surface area contributed by atoms with Crippen molar-refractivity contribution >= 4 is 46.6 Å². The Morgan fingerprint density at radius 1 is 1.00 bits per heavy atom. The van der Waals surface area contributed by atoms with Crippen molar-refractivity contribution in [2.75, 3.05) is 6.54 Å². The Balaban J connectivity index is 1.85. The number of nitrogens with one attached hydrogen (secondary N) is 3. The van der Waals surface area contributed by atoms with Crippen molar-refractivity contribution < 1.29 is 19.3 Å². The summed E-state index contributed by atoms with van der Waals surface area (Å²) < 4.78 is 0. The summed E-state index contributed by atoms with van der Waals surface area (Å²) in [7, 11) is 0. The van der Waals surface area contributed by atoms with Gasteiger partial charge in [-0.3, -0.25) is 35.3 Å². The molecule has 0 aliphatic rings. The van der Waals surface area contributed by atoms with Crippen molar-refractivity contribution in [2.45, 2.75) is 0 Å². The van der Waals surface area contributed by atoms with Crippen LogP contribution in [0.1, 0.15) is 20.7 Å². The van der Waals surface area contributed by atoms with Crippen LogP contribution in [0.25, 0.3) is 0 Å². The molecule has 0 heterocycles. The average molecular weight is 411 g/mol. The lowest BCUT2D eigenvalue weighted by Gasteiger charge is -2.09. The van der Waals surface area contributed by atoms with Crippen molar-refractivity contribution in [1.82, 2.24) is 16.2 Å². The summed E-state index contributed by atoms with van der Waals surface area (Å²) in [6.45, 7) is -0.437. The van der Waals surface area contributed by atoms with E-state index in [-0.39, 0.29) is 21.8 Å². The van der Waals surface area contributed by atoms with Gasteiger partial charge < -0.3 is 5.32 Å². The van der Waals surface area contributed by atoms with Crippen LogP contribution in [-0.2, 0) is 4.79 Å². The van der Waals surface area contributed by atoms with E-state index in [1.165, 1.54) is 36.4 Å². The zero-order chi connectivity index (χ0) is 20.0. The third-order valence-electron chi connectivity index (χ3n) is 3.22. The summed E-state index contributed by atoms with van der Waals surface area (Å²) >= 11 is 11.6. The van der Waals surface area contributed by atoms with Gasteiger partial charge in [0.25, 0.3) is 23.4 Å². The Morgan fingerprint density at radius 2 is 1.74 bits per heavy atom. The number of hydrazine groups is 1. The second-order valence-corrected chi connectivity index (χ2v) is 5.96. The SMILES string of the molecule is O=C(CNC(=O)c1ccc(Cl)cc1Cl)NNC(=O)c1cccc([N+](=O)[O-])c1. The van der Waals surface area contributed by atoms with Crippen LogP contribution in [-0.4, -0.2) is 29.2 Å². The van der Waals surface area contributed by atoms with Crippen LogP contribution in [0.4, 0.5) is 5.69 Å². The highest BCUT2D eigenvalue weighted by Gasteiger charge is 2.14. The Hall–Kier alpha value is -3.17. The maximum absolute atomic E-state index is 12.0. The number of hydrogen-bond acceptors (Lipinski definition) is 5. The minimum Gasteiger partial charge on any atom is -0.343 e. The highest BCUT2D eigenvalue weighted by molar-refractivity contribution is 6.36. The molecule has 0 aliphatic heterocycles. The van der Waals surface area contributed by atoms with Gasteiger partial charge in [-0.15, -0.1) is 0 Å². The number of carbonyl (C=O) groups is 3. The molecule has 2 aromatic carbocycles. The highest BCUT2D eigenvalue weighted by atomic mass is 35.5. The topological polar surface area (TPSA) is 130 Å². The smallest absolute Gasteiger partial charge is 0.270 e. The van der Waals surface area contributed by atoms with E-state index in [2.05, 4.69) is 16.2 Å².